The zero-order valence-electron chi connectivity index (χ0n) is 12.2. The molecule has 0 amide bonds. The van der Waals surface area contributed by atoms with Crippen LogP contribution < -0.4 is 4.74 Å². The Morgan fingerprint density at radius 3 is 2.70 bits per heavy atom. The summed E-state index contributed by atoms with van der Waals surface area (Å²) in [7, 11) is 1.70. The van der Waals surface area contributed by atoms with E-state index in [0.717, 1.165) is 17.7 Å². The minimum atomic E-state index is -0.734. The van der Waals surface area contributed by atoms with E-state index in [2.05, 4.69) is 18.2 Å². The van der Waals surface area contributed by atoms with Gasteiger partial charge in [-0.05, 0) is 48.8 Å². The maximum absolute atomic E-state index is 10.6. The van der Waals surface area contributed by atoms with Gasteiger partial charge < -0.3 is 9.84 Å². The molecule has 1 aromatic rings. The van der Waals surface area contributed by atoms with E-state index in [-0.39, 0.29) is 6.42 Å². The number of hydrogen-bond donors (Lipinski definition) is 1. The molecule has 0 atom stereocenters. The molecule has 1 saturated carbocycles. The monoisotopic (exact) mass is 276 g/mol. The molecule has 3 heteroatoms. The number of carboxylic acid groups (broad SMARTS) is 1. The molecule has 1 aromatic carbocycles. The summed E-state index contributed by atoms with van der Waals surface area (Å²) in [5.41, 5.74) is 2.50. The second-order valence-corrected chi connectivity index (χ2v) is 5.65. The highest BCUT2D eigenvalue weighted by Crippen LogP contribution is 2.35. The van der Waals surface area contributed by atoms with Gasteiger partial charge in [-0.25, -0.2) is 0 Å². The molecule has 3 nitrogen and oxygen atoms in total. The van der Waals surface area contributed by atoms with Crippen molar-refractivity contribution in [2.45, 2.75) is 57.3 Å². The number of hydrogen-bond acceptors (Lipinski definition) is 2. The van der Waals surface area contributed by atoms with Gasteiger partial charge in [0, 0.05) is 6.42 Å². The molecule has 1 N–H and O–H groups in total. The average molecular weight is 276 g/mol. The van der Waals surface area contributed by atoms with Crippen molar-refractivity contribution in [1.29, 1.82) is 0 Å². The lowest BCUT2D eigenvalue weighted by molar-refractivity contribution is -0.137. The van der Waals surface area contributed by atoms with Crippen molar-refractivity contribution < 1.29 is 14.6 Å². The Morgan fingerprint density at radius 1 is 1.30 bits per heavy atom. The summed E-state index contributed by atoms with van der Waals surface area (Å²) >= 11 is 0. The van der Waals surface area contributed by atoms with E-state index in [1.165, 1.54) is 37.7 Å². The number of carbonyl (C=O) groups is 1. The summed E-state index contributed by atoms with van der Waals surface area (Å²) in [5, 5.41) is 8.70. The first-order chi connectivity index (χ1) is 9.70. The normalized spacial score (nSPS) is 16.1. The van der Waals surface area contributed by atoms with E-state index in [4.69, 9.17) is 9.84 Å². The minimum Gasteiger partial charge on any atom is -0.496 e. The number of carboxylic acids is 1. The van der Waals surface area contributed by atoms with Crippen LogP contribution >= 0.6 is 0 Å². The third-order valence-corrected chi connectivity index (χ3v) is 4.22. The summed E-state index contributed by atoms with van der Waals surface area (Å²) in [5.74, 6) is 0.854. The molecule has 0 bridgehead atoms. The molecule has 0 aliphatic heterocycles. The van der Waals surface area contributed by atoms with Gasteiger partial charge in [0.2, 0.25) is 0 Å². The van der Waals surface area contributed by atoms with Gasteiger partial charge in [-0.1, -0.05) is 31.4 Å². The van der Waals surface area contributed by atoms with Crippen LogP contribution in [0.25, 0.3) is 0 Å². The summed E-state index contributed by atoms with van der Waals surface area (Å²) < 4.78 is 5.49. The molecule has 0 unspecified atom stereocenters. The van der Waals surface area contributed by atoms with Gasteiger partial charge in [-0.15, -0.1) is 0 Å². The molecule has 0 radical (unpaired) electrons. The molecule has 0 spiro atoms. The zero-order chi connectivity index (χ0) is 14.4. The van der Waals surface area contributed by atoms with Crippen LogP contribution in [0.3, 0.4) is 0 Å². The summed E-state index contributed by atoms with van der Waals surface area (Å²) in [6, 6.07) is 6.48. The van der Waals surface area contributed by atoms with Gasteiger partial charge in [0.25, 0.3) is 0 Å². The fraction of sp³-hybridized carbons (Fsp3) is 0.588. The van der Waals surface area contributed by atoms with Crippen LogP contribution in [0.1, 0.15) is 62.0 Å². The van der Waals surface area contributed by atoms with Crippen molar-refractivity contribution in [3.63, 3.8) is 0 Å². The van der Waals surface area contributed by atoms with Crippen molar-refractivity contribution in [3.05, 3.63) is 29.3 Å². The fourth-order valence-electron chi connectivity index (χ4n) is 3.09. The smallest absolute Gasteiger partial charge is 0.303 e. The van der Waals surface area contributed by atoms with Gasteiger partial charge in [0.1, 0.15) is 5.75 Å². The number of benzene rings is 1. The third-order valence-electron chi connectivity index (χ3n) is 4.22. The Morgan fingerprint density at radius 2 is 2.05 bits per heavy atom. The minimum absolute atomic E-state index is 0.216. The highest BCUT2D eigenvalue weighted by atomic mass is 16.5. The summed E-state index contributed by atoms with van der Waals surface area (Å²) in [4.78, 5) is 10.6. The SMILES string of the molecule is COc1cc(C2CCCCC2)ccc1CCCC(=O)O. The van der Waals surface area contributed by atoms with E-state index >= 15 is 0 Å². The van der Waals surface area contributed by atoms with Crippen molar-refractivity contribution in [1.82, 2.24) is 0 Å². The first kappa shape index (κ1) is 14.9. The van der Waals surface area contributed by atoms with Crippen LogP contribution in [0.5, 0.6) is 5.75 Å². The molecular weight excluding hydrogens is 252 g/mol. The molecule has 1 aliphatic carbocycles. The van der Waals surface area contributed by atoms with Crippen LogP contribution in [0.2, 0.25) is 0 Å². The highest BCUT2D eigenvalue weighted by Gasteiger charge is 2.17. The van der Waals surface area contributed by atoms with E-state index in [1.54, 1.807) is 7.11 Å². The fourth-order valence-corrected chi connectivity index (χ4v) is 3.09. The highest BCUT2D eigenvalue weighted by molar-refractivity contribution is 5.66. The molecule has 0 saturated heterocycles. The lowest BCUT2D eigenvalue weighted by atomic mass is 9.83. The lowest BCUT2D eigenvalue weighted by Crippen LogP contribution is -2.05. The van der Waals surface area contributed by atoms with Crippen molar-refractivity contribution in [2.75, 3.05) is 7.11 Å². The van der Waals surface area contributed by atoms with Crippen LogP contribution in [0, 0.1) is 0 Å². The Balaban J connectivity index is 2.04. The van der Waals surface area contributed by atoms with Crippen molar-refractivity contribution >= 4 is 5.97 Å². The van der Waals surface area contributed by atoms with Crippen LogP contribution in [0.15, 0.2) is 18.2 Å². The maximum atomic E-state index is 10.6. The van der Waals surface area contributed by atoms with Crippen molar-refractivity contribution in [3.8, 4) is 5.75 Å². The number of rotatable bonds is 6. The number of aliphatic carboxylic acids is 1. The average Bonchev–Trinajstić information content (AvgIpc) is 2.48. The first-order valence-corrected chi connectivity index (χ1v) is 7.59. The van der Waals surface area contributed by atoms with E-state index < -0.39 is 5.97 Å². The van der Waals surface area contributed by atoms with E-state index in [1.807, 2.05) is 0 Å². The molecule has 110 valence electrons. The molecule has 2 rings (SSSR count). The molecular formula is C17H24O3. The molecule has 20 heavy (non-hydrogen) atoms. The molecule has 1 fully saturated rings. The zero-order valence-corrected chi connectivity index (χ0v) is 12.2. The predicted octanol–water partition coefficient (Wildman–Crippen LogP) is 4.15. The summed E-state index contributed by atoms with van der Waals surface area (Å²) in [6.45, 7) is 0. The van der Waals surface area contributed by atoms with Gasteiger partial charge >= 0.3 is 5.97 Å². The van der Waals surface area contributed by atoms with Gasteiger partial charge in [0.15, 0.2) is 0 Å². The molecule has 0 aromatic heterocycles. The van der Waals surface area contributed by atoms with Crippen LogP contribution in [-0.4, -0.2) is 18.2 Å². The van der Waals surface area contributed by atoms with E-state index in [9.17, 15) is 4.79 Å². The standard InChI is InChI=1S/C17H24O3/c1-20-16-12-15(13-6-3-2-4-7-13)11-10-14(16)8-5-9-17(18)19/h10-13H,2-9H2,1H3,(H,18,19). The number of methoxy groups -OCH3 is 1. The van der Waals surface area contributed by atoms with Crippen molar-refractivity contribution in [2.24, 2.45) is 0 Å². The lowest BCUT2D eigenvalue weighted by Gasteiger charge is -2.23. The second-order valence-electron chi connectivity index (χ2n) is 5.65. The Kier molecular flexibility index (Phi) is 5.45. The molecule has 0 heterocycles. The Hall–Kier alpha value is -1.51. The Bertz CT molecular complexity index is 448. The largest absolute Gasteiger partial charge is 0.496 e. The van der Waals surface area contributed by atoms with Crippen LogP contribution in [-0.2, 0) is 11.2 Å². The third kappa shape index (κ3) is 3.99. The number of ether oxygens (including phenoxy) is 1. The van der Waals surface area contributed by atoms with Gasteiger partial charge in [0.05, 0.1) is 7.11 Å². The molecule has 1 aliphatic rings. The summed E-state index contributed by atoms with van der Waals surface area (Å²) in [6.07, 6.45) is 8.22. The quantitative estimate of drug-likeness (QED) is 0.849. The first-order valence-electron chi connectivity index (χ1n) is 7.59. The van der Waals surface area contributed by atoms with Gasteiger partial charge in [-0.3, -0.25) is 4.79 Å². The Labute approximate surface area is 121 Å². The number of aryl methyl sites for hydroxylation is 1. The second kappa shape index (κ2) is 7.32. The van der Waals surface area contributed by atoms with Crippen LogP contribution in [0.4, 0.5) is 0 Å². The maximum Gasteiger partial charge on any atom is 0.303 e. The van der Waals surface area contributed by atoms with E-state index in [0.29, 0.717) is 12.3 Å². The predicted molar refractivity (Wildman–Crippen MR) is 79.4 cm³/mol. The topological polar surface area (TPSA) is 46.5 Å². The van der Waals surface area contributed by atoms with Gasteiger partial charge in [-0.2, -0.15) is 0 Å².